The molecule has 34 heavy (non-hydrogen) atoms. The molecule has 3 aromatic carbocycles. The van der Waals surface area contributed by atoms with E-state index in [0.717, 1.165) is 16.8 Å². The fourth-order valence-electron chi connectivity index (χ4n) is 4.12. The fourth-order valence-corrected chi connectivity index (χ4v) is 6.27. The van der Waals surface area contributed by atoms with E-state index < -0.39 is 15.7 Å². The quantitative estimate of drug-likeness (QED) is 0.369. The largest absolute Gasteiger partial charge is 0.342 e. The molecule has 0 spiro atoms. The van der Waals surface area contributed by atoms with E-state index in [-0.39, 0.29) is 38.3 Å². The normalized spacial score (nSPS) is 14.9. The van der Waals surface area contributed by atoms with Crippen LogP contribution in [0.4, 0.5) is 0 Å². The third kappa shape index (κ3) is 3.80. The Balaban J connectivity index is 1.48. The van der Waals surface area contributed by atoms with Crippen molar-refractivity contribution < 1.29 is 18.0 Å². The Labute approximate surface area is 200 Å². The van der Waals surface area contributed by atoms with Gasteiger partial charge in [-0.3, -0.25) is 9.59 Å². The Kier molecular flexibility index (Phi) is 5.75. The lowest BCUT2D eigenvalue weighted by molar-refractivity contribution is 0.0932. The molecule has 1 aliphatic rings. The molecule has 0 fully saturated rings. The number of thioether (sulfide) groups is 1. The number of H-pyrrole nitrogens is 1. The summed E-state index contributed by atoms with van der Waals surface area (Å²) in [6.07, 6.45) is 2.63. The molecule has 0 aliphatic carbocycles. The number of para-hydroxylation sites is 2. The van der Waals surface area contributed by atoms with E-state index in [1.165, 1.54) is 30.3 Å². The van der Waals surface area contributed by atoms with Gasteiger partial charge in [0, 0.05) is 16.7 Å². The van der Waals surface area contributed by atoms with Crippen molar-refractivity contribution in [2.75, 3.05) is 12.0 Å². The average Bonchev–Trinajstić information content (AvgIpc) is 3.29. The third-order valence-electron chi connectivity index (χ3n) is 5.85. The molecule has 172 valence electrons. The van der Waals surface area contributed by atoms with Crippen molar-refractivity contribution in [3.05, 3.63) is 89.2 Å². The number of amides is 1. The molecule has 1 amide bonds. The Hall–Kier alpha value is -3.43. The molecular weight excluding hydrogens is 470 g/mol. The van der Waals surface area contributed by atoms with E-state index in [1.54, 1.807) is 23.9 Å². The van der Waals surface area contributed by atoms with Gasteiger partial charge in [0.25, 0.3) is 5.91 Å². The third-order valence-corrected chi connectivity index (χ3v) is 8.35. The van der Waals surface area contributed by atoms with Crippen molar-refractivity contribution in [3.63, 3.8) is 0 Å². The summed E-state index contributed by atoms with van der Waals surface area (Å²) in [5.74, 6) is 0.632. The summed E-state index contributed by atoms with van der Waals surface area (Å²) >= 11 is 1.66. The molecule has 2 N–H and O–H groups in total. The van der Waals surface area contributed by atoms with Crippen molar-refractivity contribution in [2.45, 2.75) is 22.3 Å². The van der Waals surface area contributed by atoms with Crippen LogP contribution >= 0.6 is 11.8 Å². The Bertz CT molecular complexity index is 1510. The zero-order valence-corrected chi connectivity index (χ0v) is 19.9. The maximum Gasteiger partial charge on any atom is 0.251 e. The smallest absolute Gasteiger partial charge is 0.251 e. The maximum absolute atomic E-state index is 13.2. The van der Waals surface area contributed by atoms with Crippen molar-refractivity contribution in [3.8, 4) is 0 Å². The number of carbonyl (C=O) groups is 2. The zero-order chi connectivity index (χ0) is 23.9. The molecule has 0 bridgehead atoms. The van der Waals surface area contributed by atoms with E-state index >= 15 is 0 Å². The first kappa shape index (κ1) is 22.4. The molecule has 7 nitrogen and oxygen atoms in total. The van der Waals surface area contributed by atoms with Gasteiger partial charge in [-0.05, 0) is 60.9 Å². The van der Waals surface area contributed by atoms with Crippen LogP contribution in [0.3, 0.4) is 0 Å². The highest BCUT2D eigenvalue weighted by Gasteiger charge is 2.35. The van der Waals surface area contributed by atoms with E-state index in [1.807, 2.05) is 30.5 Å². The van der Waals surface area contributed by atoms with Gasteiger partial charge >= 0.3 is 0 Å². The minimum atomic E-state index is -3.93. The number of aromatic amines is 1. The summed E-state index contributed by atoms with van der Waals surface area (Å²) in [5.41, 5.74) is 2.07. The second-order valence-corrected chi connectivity index (χ2v) is 10.9. The summed E-state index contributed by atoms with van der Waals surface area (Å²) in [7, 11) is -3.93. The molecule has 5 rings (SSSR count). The average molecular weight is 492 g/mol. The molecule has 1 aromatic heterocycles. The van der Waals surface area contributed by atoms with Crippen molar-refractivity contribution in [1.82, 2.24) is 15.3 Å². The number of sulfone groups is 1. The topological polar surface area (TPSA) is 109 Å². The molecule has 4 aromatic rings. The molecule has 1 aliphatic heterocycles. The van der Waals surface area contributed by atoms with Crippen molar-refractivity contribution in [1.29, 1.82) is 0 Å². The second-order valence-electron chi connectivity index (χ2n) is 7.99. The molecule has 0 saturated carbocycles. The van der Waals surface area contributed by atoms with Crippen LogP contribution in [-0.2, 0) is 9.84 Å². The number of fused-ring (bicyclic) bond motifs is 3. The number of hydrogen-bond donors (Lipinski definition) is 2. The van der Waals surface area contributed by atoms with Crippen LogP contribution < -0.4 is 5.32 Å². The van der Waals surface area contributed by atoms with Crippen molar-refractivity contribution >= 4 is 44.3 Å². The van der Waals surface area contributed by atoms with Crippen molar-refractivity contribution in [2.24, 2.45) is 0 Å². The van der Waals surface area contributed by atoms with E-state index in [4.69, 9.17) is 0 Å². The number of nitrogens with zero attached hydrogens (tertiary/aromatic N) is 1. The van der Waals surface area contributed by atoms with Crippen LogP contribution in [0.15, 0.2) is 76.5 Å². The van der Waals surface area contributed by atoms with E-state index in [0.29, 0.717) is 12.2 Å². The molecule has 0 saturated heterocycles. The SMILES string of the molecule is CSCCC(NC(=O)c1ccc2c(c1)S(=O)(=O)c1ccccc1C2=O)c1nc2ccccc2[nH]1. The van der Waals surface area contributed by atoms with E-state index in [9.17, 15) is 18.0 Å². The van der Waals surface area contributed by atoms with Crippen LogP contribution in [0.1, 0.15) is 44.6 Å². The van der Waals surface area contributed by atoms with Crippen LogP contribution in [0.25, 0.3) is 11.0 Å². The first-order valence-corrected chi connectivity index (χ1v) is 13.5. The standard InChI is InChI=1S/C25H21N3O4S2/c1-33-13-12-20(24-26-18-7-3-4-8-19(18)27-24)28-25(30)15-10-11-17-22(14-15)34(31,32)21-9-5-2-6-16(21)23(17)29/h2-11,14,20H,12-13H2,1H3,(H,26,27)(H,28,30). The number of nitrogens with one attached hydrogen (secondary N) is 2. The summed E-state index contributed by atoms with van der Waals surface area (Å²) in [4.78, 5) is 33.8. The minimum Gasteiger partial charge on any atom is -0.342 e. The summed E-state index contributed by atoms with van der Waals surface area (Å²) in [6.45, 7) is 0. The minimum absolute atomic E-state index is 0.0369. The number of imidazole rings is 1. The predicted molar refractivity (Wildman–Crippen MR) is 131 cm³/mol. The number of benzene rings is 3. The molecule has 9 heteroatoms. The van der Waals surface area contributed by atoms with Gasteiger partial charge < -0.3 is 10.3 Å². The first-order valence-electron chi connectivity index (χ1n) is 10.7. The first-order chi connectivity index (χ1) is 16.4. The number of aromatic nitrogens is 2. The predicted octanol–water partition coefficient (Wildman–Crippen LogP) is 4.16. The van der Waals surface area contributed by atoms with E-state index in [2.05, 4.69) is 15.3 Å². The number of hydrogen-bond acceptors (Lipinski definition) is 6. The lowest BCUT2D eigenvalue weighted by atomic mass is 10.0. The summed E-state index contributed by atoms with van der Waals surface area (Å²) in [6, 6.07) is 17.6. The summed E-state index contributed by atoms with van der Waals surface area (Å²) in [5, 5.41) is 2.98. The molecule has 2 heterocycles. The van der Waals surface area contributed by atoms with Gasteiger partial charge in [-0.15, -0.1) is 0 Å². The zero-order valence-electron chi connectivity index (χ0n) is 18.2. The fraction of sp³-hybridized carbons (Fsp3) is 0.160. The van der Waals surface area contributed by atoms with Gasteiger partial charge in [0.1, 0.15) is 5.82 Å². The van der Waals surface area contributed by atoms with Crippen LogP contribution in [0.5, 0.6) is 0 Å². The highest BCUT2D eigenvalue weighted by Crippen LogP contribution is 2.35. The second kappa shape index (κ2) is 8.73. The molecular formula is C25H21N3O4S2. The Morgan fingerprint density at radius 1 is 1.03 bits per heavy atom. The number of carbonyl (C=O) groups excluding carboxylic acids is 2. The number of rotatable bonds is 6. The molecule has 1 atom stereocenters. The maximum atomic E-state index is 13.2. The van der Waals surface area contributed by atoms with Crippen LogP contribution in [-0.4, -0.2) is 42.1 Å². The Morgan fingerprint density at radius 2 is 1.76 bits per heavy atom. The monoisotopic (exact) mass is 491 g/mol. The van der Waals surface area contributed by atoms with Gasteiger partial charge in [-0.1, -0.05) is 24.3 Å². The van der Waals surface area contributed by atoms with Gasteiger partial charge in [0.15, 0.2) is 5.78 Å². The van der Waals surface area contributed by atoms with Gasteiger partial charge in [-0.25, -0.2) is 13.4 Å². The van der Waals surface area contributed by atoms with Gasteiger partial charge in [0.2, 0.25) is 9.84 Å². The summed E-state index contributed by atoms with van der Waals surface area (Å²) < 4.78 is 26.4. The van der Waals surface area contributed by atoms with Crippen LogP contribution in [0.2, 0.25) is 0 Å². The molecule has 0 radical (unpaired) electrons. The number of ketones is 1. The lowest BCUT2D eigenvalue weighted by Crippen LogP contribution is -2.30. The highest BCUT2D eigenvalue weighted by molar-refractivity contribution is 7.98. The van der Waals surface area contributed by atoms with Gasteiger partial charge in [-0.2, -0.15) is 11.8 Å². The lowest BCUT2D eigenvalue weighted by Gasteiger charge is -2.20. The molecule has 1 unspecified atom stereocenters. The van der Waals surface area contributed by atoms with Gasteiger partial charge in [0.05, 0.1) is 26.9 Å². The van der Waals surface area contributed by atoms with Crippen LogP contribution in [0, 0.1) is 0 Å². The Morgan fingerprint density at radius 3 is 2.56 bits per heavy atom. The highest BCUT2D eigenvalue weighted by atomic mass is 32.2.